The van der Waals surface area contributed by atoms with Gasteiger partial charge in [-0.05, 0) is 20.3 Å². The average Bonchev–Trinajstić information content (AvgIpc) is 3.34. The van der Waals surface area contributed by atoms with Crippen molar-refractivity contribution in [3.05, 3.63) is 85.2 Å². The Hall–Kier alpha value is -0.699. The monoisotopic (exact) mass is 463 g/mol. The van der Waals surface area contributed by atoms with E-state index in [1.54, 1.807) is 33.0 Å². The van der Waals surface area contributed by atoms with Gasteiger partial charge in [0, 0.05) is 0 Å². The molecule has 4 rings (SSSR count). The summed E-state index contributed by atoms with van der Waals surface area (Å²) in [4.78, 5) is 0. The van der Waals surface area contributed by atoms with Crippen molar-refractivity contribution in [2.24, 2.45) is 0 Å². The standard InChI is InChI=1S/C20H17.2C2H5.2ClH.Si.Ti/c1-13-7-9-17-16(11-13)12-19-18(17)10-8-14(2)20(19)15-5-3-4-6-15;2*1-2;;;;/h3-5,7-12H,6H2,1-2H3;2*1H2,2H3;2*1H;;/q3*-1;;;;. The molecule has 1 aliphatic rings. The first-order valence-electron chi connectivity index (χ1n) is 8.86. The molecule has 0 amide bonds. The van der Waals surface area contributed by atoms with Crippen LogP contribution in [0.4, 0.5) is 0 Å². The average molecular weight is 464 g/mol. The second-order valence-electron chi connectivity index (χ2n) is 5.78. The second-order valence-corrected chi connectivity index (χ2v) is 5.78. The molecule has 150 valence electrons. The summed E-state index contributed by atoms with van der Waals surface area (Å²) in [6, 6.07) is 13.6. The molecule has 0 aromatic heterocycles. The SMILES string of the molecule is Cc1ccc2c(c1)[cH-]c1c(C3=CC=CC3)c(C)ccc12.Cl.Cl.[CH2-]C.[CH2-]C.[Si]=[Ti]. The van der Waals surface area contributed by atoms with Gasteiger partial charge in [-0.15, -0.1) is 58.5 Å². The van der Waals surface area contributed by atoms with Crippen molar-refractivity contribution in [2.45, 2.75) is 34.1 Å². The molecule has 0 atom stereocenters. The van der Waals surface area contributed by atoms with Crippen molar-refractivity contribution in [1.29, 1.82) is 0 Å². The number of rotatable bonds is 1. The molecule has 0 saturated heterocycles. The number of benzene rings is 2. The van der Waals surface area contributed by atoms with Gasteiger partial charge in [0.05, 0.1) is 0 Å². The quantitative estimate of drug-likeness (QED) is 0.255. The minimum atomic E-state index is 0. The molecule has 0 N–H and O–H groups in total. The molecule has 1 aliphatic carbocycles. The normalized spacial score (nSPS) is 10.8. The van der Waals surface area contributed by atoms with Gasteiger partial charge in [-0.3, -0.25) is 0 Å². The number of aryl methyl sites for hydroxylation is 2. The zero-order chi connectivity index (χ0) is 19.7. The third-order valence-corrected chi connectivity index (χ3v) is 4.34. The summed E-state index contributed by atoms with van der Waals surface area (Å²) in [5.41, 5.74) is 5.58. The fourth-order valence-electron chi connectivity index (χ4n) is 3.37. The predicted octanol–water partition coefficient (Wildman–Crippen LogP) is 7.81. The molecule has 3 aromatic rings. The molecule has 0 nitrogen and oxygen atoms in total. The maximum absolute atomic E-state index is 3.25. The Bertz CT molecular complexity index is 923. The zero-order valence-electron chi connectivity index (χ0n) is 17.1. The molecule has 3 aromatic carbocycles. The van der Waals surface area contributed by atoms with E-state index in [1.807, 2.05) is 0 Å². The Morgan fingerprint density at radius 3 is 2.11 bits per heavy atom. The Balaban J connectivity index is 0. The van der Waals surface area contributed by atoms with Crippen LogP contribution >= 0.6 is 24.8 Å². The van der Waals surface area contributed by atoms with Gasteiger partial charge in [-0.25, -0.2) is 0 Å². The van der Waals surface area contributed by atoms with Gasteiger partial charge >= 0.3 is 26.8 Å². The van der Waals surface area contributed by atoms with E-state index in [0.717, 1.165) is 6.42 Å². The molecule has 2 radical (unpaired) electrons. The Morgan fingerprint density at radius 2 is 1.54 bits per heavy atom. The number of allylic oxidation sites excluding steroid dienone is 4. The van der Waals surface area contributed by atoms with Crippen LogP contribution in [-0.4, -0.2) is 7.63 Å². The van der Waals surface area contributed by atoms with Gasteiger partial charge in [-0.2, -0.15) is 13.8 Å². The van der Waals surface area contributed by atoms with Crippen molar-refractivity contribution < 1.29 is 19.2 Å². The van der Waals surface area contributed by atoms with Crippen LogP contribution in [0.5, 0.6) is 0 Å². The van der Waals surface area contributed by atoms with Crippen LogP contribution in [0.15, 0.2) is 54.6 Å². The van der Waals surface area contributed by atoms with Gasteiger partial charge in [-0.1, -0.05) is 64.8 Å². The third kappa shape index (κ3) is 6.40. The molecule has 0 unspecified atom stereocenters. The Morgan fingerprint density at radius 1 is 0.929 bits per heavy atom. The topological polar surface area (TPSA) is 0 Å². The van der Waals surface area contributed by atoms with E-state index in [1.165, 1.54) is 43.8 Å². The summed E-state index contributed by atoms with van der Waals surface area (Å²) in [5, 5.41) is 5.52. The van der Waals surface area contributed by atoms with Gasteiger partial charge in [0.2, 0.25) is 0 Å². The predicted molar refractivity (Wildman–Crippen MR) is 131 cm³/mol. The van der Waals surface area contributed by atoms with Crippen LogP contribution in [0.25, 0.3) is 27.1 Å². The first-order valence-corrected chi connectivity index (χ1v) is 11.7. The van der Waals surface area contributed by atoms with E-state index in [0.29, 0.717) is 0 Å². The van der Waals surface area contributed by atoms with E-state index in [4.69, 9.17) is 0 Å². The molecule has 28 heavy (non-hydrogen) atoms. The fraction of sp³-hybridized carbons (Fsp3) is 0.208. The first kappa shape index (κ1) is 29.5. The summed E-state index contributed by atoms with van der Waals surface area (Å²) < 4.78 is 0. The van der Waals surface area contributed by atoms with Crippen molar-refractivity contribution in [3.63, 3.8) is 0 Å². The van der Waals surface area contributed by atoms with Gasteiger partial charge in [0.15, 0.2) is 0 Å². The van der Waals surface area contributed by atoms with Crippen LogP contribution in [0, 0.1) is 27.7 Å². The molecular formula is C24H29Cl2SiTi-3. The molecular weight excluding hydrogens is 435 g/mol. The van der Waals surface area contributed by atoms with Crippen molar-refractivity contribution in [1.82, 2.24) is 0 Å². The van der Waals surface area contributed by atoms with Crippen LogP contribution in [0.1, 0.15) is 37.0 Å². The zero-order valence-corrected chi connectivity index (χ0v) is 21.3. The first-order chi connectivity index (χ1) is 12.7. The van der Waals surface area contributed by atoms with Crippen LogP contribution in [0.2, 0.25) is 0 Å². The van der Waals surface area contributed by atoms with Crippen LogP contribution in [-0.2, 0) is 19.2 Å². The minimum absolute atomic E-state index is 0. The Kier molecular flexibility index (Phi) is 16.0. The number of hydrogen-bond donors (Lipinski definition) is 0. The molecule has 0 heterocycles. The van der Waals surface area contributed by atoms with Gasteiger partial charge in [0.25, 0.3) is 0 Å². The van der Waals surface area contributed by atoms with Crippen molar-refractivity contribution in [3.8, 4) is 0 Å². The Labute approximate surface area is 197 Å². The van der Waals surface area contributed by atoms with Crippen LogP contribution < -0.4 is 0 Å². The molecule has 0 aliphatic heterocycles. The van der Waals surface area contributed by atoms with Gasteiger partial charge in [0.1, 0.15) is 0 Å². The number of halogens is 2. The summed E-state index contributed by atoms with van der Waals surface area (Å²) in [6.45, 7) is 14.4. The molecule has 0 bridgehead atoms. The van der Waals surface area contributed by atoms with Crippen molar-refractivity contribution in [2.75, 3.05) is 0 Å². The van der Waals surface area contributed by atoms with E-state index in [2.05, 4.69) is 90.0 Å². The van der Waals surface area contributed by atoms with E-state index in [-0.39, 0.29) is 24.8 Å². The van der Waals surface area contributed by atoms with E-state index in [9.17, 15) is 0 Å². The summed E-state index contributed by atoms with van der Waals surface area (Å²) in [5.74, 6) is 0. The molecule has 0 spiro atoms. The van der Waals surface area contributed by atoms with Crippen LogP contribution in [0.3, 0.4) is 0 Å². The fourth-order valence-corrected chi connectivity index (χ4v) is 3.37. The summed E-state index contributed by atoms with van der Waals surface area (Å²) in [6.07, 6.45) is 7.71. The second kappa shape index (κ2) is 15.2. The number of fused-ring (bicyclic) bond motifs is 3. The maximum atomic E-state index is 3.25. The summed E-state index contributed by atoms with van der Waals surface area (Å²) in [7, 11) is 2.97. The van der Waals surface area contributed by atoms with Gasteiger partial charge < -0.3 is 13.8 Å². The van der Waals surface area contributed by atoms with E-state index >= 15 is 0 Å². The van der Waals surface area contributed by atoms with E-state index < -0.39 is 0 Å². The molecule has 4 heteroatoms. The third-order valence-electron chi connectivity index (χ3n) is 4.34. The summed E-state index contributed by atoms with van der Waals surface area (Å²) >= 11 is 1.81. The number of hydrogen-bond acceptors (Lipinski definition) is 0. The van der Waals surface area contributed by atoms with Crippen molar-refractivity contribution >= 4 is 59.6 Å². The molecule has 0 saturated carbocycles. The molecule has 0 fully saturated rings.